The van der Waals surface area contributed by atoms with Gasteiger partial charge >= 0.3 is 0 Å². The van der Waals surface area contributed by atoms with E-state index in [1.807, 2.05) is 12.1 Å². The minimum atomic E-state index is -0.806. The Balaban J connectivity index is 1.66. The van der Waals surface area contributed by atoms with Crippen molar-refractivity contribution in [1.82, 2.24) is 10.1 Å². The molecule has 1 aliphatic rings. The van der Waals surface area contributed by atoms with E-state index in [1.165, 1.54) is 13.2 Å². The maximum absolute atomic E-state index is 15.4. The fourth-order valence-corrected chi connectivity index (χ4v) is 3.43. The van der Waals surface area contributed by atoms with E-state index in [0.717, 1.165) is 5.56 Å². The van der Waals surface area contributed by atoms with Crippen LogP contribution in [0.15, 0.2) is 34.9 Å². The number of rotatable bonds is 6. The van der Waals surface area contributed by atoms with E-state index < -0.39 is 11.9 Å². The van der Waals surface area contributed by atoms with Crippen LogP contribution in [0.2, 0.25) is 0 Å². The van der Waals surface area contributed by atoms with Gasteiger partial charge in [0.25, 0.3) is 0 Å². The quantitative estimate of drug-likeness (QED) is 0.549. The van der Waals surface area contributed by atoms with Crippen molar-refractivity contribution >= 4 is 22.9 Å². The lowest BCUT2D eigenvalue weighted by Crippen LogP contribution is -2.27. The molecule has 1 aromatic heterocycles. The molecule has 0 radical (unpaired) electrons. The van der Waals surface area contributed by atoms with Gasteiger partial charge in [-0.2, -0.15) is 4.98 Å². The van der Waals surface area contributed by atoms with Gasteiger partial charge in [0.15, 0.2) is 11.6 Å². The summed E-state index contributed by atoms with van der Waals surface area (Å²) < 4.78 is 37.0. The van der Waals surface area contributed by atoms with Gasteiger partial charge < -0.3 is 29.8 Å². The number of methoxy groups -OCH3 is 1. The average Bonchev–Trinajstić information content (AvgIpc) is 3.04. The molecule has 162 valence electrons. The molecular formula is C21H21FN4O4S. The van der Waals surface area contributed by atoms with E-state index in [-0.39, 0.29) is 22.1 Å². The number of anilines is 1. The molecule has 0 aliphatic carbocycles. The van der Waals surface area contributed by atoms with Crippen molar-refractivity contribution in [2.75, 3.05) is 25.6 Å². The number of nitrogens with one attached hydrogen (secondary N) is 1. The molecule has 0 fully saturated rings. The highest BCUT2D eigenvalue weighted by molar-refractivity contribution is 7.80. The monoisotopic (exact) mass is 444 g/mol. The van der Waals surface area contributed by atoms with Crippen LogP contribution in [-0.2, 0) is 0 Å². The van der Waals surface area contributed by atoms with Crippen LogP contribution in [0.3, 0.4) is 0 Å². The van der Waals surface area contributed by atoms with Crippen LogP contribution in [0.25, 0.3) is 11.4 Å². The van der Waals surface area contributed by atoms with Gasteiger partial charge in [-0.3, -0.25) is 0 Å². The predicted octanol–water partition coefficient (Wildman–Crippen LogP) is 3.79. The van der Waals surface area contributed by atoms with Crippen molar-refractivity contribution in [3.63, 3.8) is 0 Å². The summed E-state index contributed by atoms with van der Waals surface area (Å²) in [5.74, 6) is 0.944. The number of halogens is 1. The SMILES string of the molecule is COc1cc(C(Nc2ccc(-c3noc(C)n3)cc2)C(N)=S)c(F)c2c1OCCCO2. The van der Waals surface area contributed by atoms with Crippen LogP contribution < -0.4 is 25.3 Å². The van der Waals surface area contributed by atoms with E-state index in [9.17, 15) is 0 Å². The third kappa shape index (κ3) is 4.24. The van der Waals surface area contributed by atoms with Crippen LogP contribution in [-0.4, -0.2) is 35.5 Å². The number of fused-ring (bicyclic) bond motifs is 1. The summed E-state index contributed by atoms with van der Waals surface area (Å²) in [5.41, 5.74) is 7.61. The van der Waals surface area contributed by atoms with Gasteiger partial charge in [-0.25, -0.2) is 4.39 Å². The van der Waals surface area contributed by atoms with Gasteiger partial charge in [0.05, 0.1) is 20.3 Å². The van der Waals surface area contributed by atoms with Crippen LogP contribution in [0.4, 0.5) is 10.1 Å². The summed E-state index contributed by atoms with van der Waals surface area (Å²) in [5, 5.41) is 7.07. The molecule has 0 saturated carbocycles. The Morgan fingerprint density at radius 1 is 1.23 bits per heavy atom. The number of ether oxygens (including phenoxy) is 3. The highest BCUT2D eigenvalue weighted by Crippen LogP contribution is 2.44. The second-order valence-electron chi connectivity index (χ2n) is 6.88. The van der Waals surface area contributed by atoms with Crippen LogP contribution in [0.1, 0.15) is 23.9 Å². The molecule has 4 rings (SSSR count). The lowest BCUT2D eigenvalue weighted by atomic mass is 10.0. The first kappa shape index (κ1) is 20.9. The normalized spacial score (nSPS) is 13.9. The molecule has 1 unspecified atom stereocenters. The smallest absolute Gasteiger partial charge is 0.223 e. The maximum Gasteiger partial charge on any atom is 0.223 e. The second-order valence-corrected chi connectivity index (χ2v) is 7.36. The second kappa shape index (κ2) is 8.76. The molecule has 1 atom stereocenters. The van der Waals surface area contributed by atoms with E-state index in [0.29, 0.717) is 42.8 Å². The molecule has 1 aliphatic heterocycles. The van der Waals surface area contributed by atoms with E-state index >= 15 is 4.39 Å². The number of nitrogens with two attached hydrogens (primary N) is 1. The van der Waals surface area contributed by atoms with Crippen molar-refractivity contribution in [1.29, 1.82) is 0 Å². The zero-order chi connectivity index (χ0) is 22.0. The van der Waals surface area contributed by atoms with Crippen molar-refractivity contribution in [2.45, 2.75) is 19.4 Å². The van der Waals surface area contributed by atoms with Gasteiger partial charge in [0, 0.05) is 30.2 Å². The molecule has 3 N–H and O–H groups in total. The topological polar surface area (TPSA) is 105 Å². The first-order valence-electron chi connectivity index (χ1n) is 9.60. The van der Waals surface area contributed by atoms with Gasteiger partial charge in [-0.05, 0) is 30.3 Å². The molecular weight excluding hydrogens is 423 g/mol. The summed E-state index contributed by atoms with van der Waals surface area (Å²) in [6, 6.07) is 7.94. The molecule has 2 heterocycles. The van der Waals surface area contributed by atoms with Crippen LogP contribution in [0.5, 0.6) is 17.2 Å². The highest BCUT2D eigenvalue weighted by atomic mass is 32.1. The summed E-state index contributed by atoms with van der Waals surface area (Å²) in [7, 11) is 1.48. The maximum atomic E-state index is 15.4. The molecule has 2 aromatic carbocycles. The molecule has 0 spiro atoms. The number of benzene rings is 2. The van der Waals surface area contributed by atoms with Crippen molar-refractivity contribution in [3.8, 4) is 28.6 Å². The van der Waals surface area contributed by atoms with E-state index in [4.69, 9.17) is 36.7 Å². The Labute approximate surface area is 183 Å². The first-order chi connectivity index (χ1) is 15.0. The molecule has 0 amide bonds. The fraction of sp³-hybridized carbons (Fsp3) is 0.286. The summed E-state index contributed by atoms with van der Waals surface area (Å²) >= 11 is 5.23. The Morgan fingerprint density at radius 2 is 1.94 bits per heavy atom. The summed E-state index contributed by atoms with van der Waals surface area (Å²) in [6.45, 7) is 2.46. The Bertz CT molecular complexity index is 1100. The van der Waals surface area contributed by atoms with Gasteiger partial charge in [-0.1, -0.05) is 17.4 Å². The lowest BCUT2D eigenvalue weighted by molar-refractivity contribution is 0.288. The molecule has 0 saturated heterocycles. The molecule has 8 nitrogen and oxygen atoms in total. The standard InChI is InChI=1S/C21H21FN4O4S/c1-11-24-21(26-30-11)12-4-6-13(7-5-12)25-17(20(23)31)14-10-15(27-2)18-19(16(14)22)29-9-3-8-28-18/h4-7,10,17,25H,3,8-9H2,1-2H3,(H2,23,31). The number of aryl methyl sites for hydroxylation is 1. The third-order valence-electron chi connectivity index (χ3n) is 4.75. The largest absolute Gasteiger partial charge is 0.493 e. The molecule has 10 heteroatoms. The number of thiocarbonyl (C=S) groups is 1. The fourth-order valence-electron chi connectivity index (χ4n) is 3.25. The highest BCUT2D eigenvalue weighted by Gasteiger charge is 2.29. The third-order valence-corrected chi connectivity index (χ3v) is 4.98. The van der Waals surface area contributed by atoms with E-state index in [2.05, 4.69) is 15.5 Å². The Kier molecular flexibility index (Phi) is 5.90. The van der Waals surface area contributed by atoms with Crippen molar-refractivity contribution < 1.29 is 23.1 Å². The molecule has 0 bridgehead atoms. The average molecular weight is 444 g/mol. The van der Waals surface area contributed by atoms with Gasteiger partial charge in [-0.15, -0.1) is 0 Å². The van der Waals surface area contributed by atoms with Crippen molar-refractivity contribution in [3.05, 3.63) is 47.6 Å². The summed E-state index contributed by atoms with van der Waals surface area (Å²) in [4.78, 5) is 4.26. The molecule has 31 heavy (non-hydrogen) atoms. The molecule has 3 aromatic rings. The van der Waals surface area contributed by atoms with E-state index in [1.54, 1.807) is 19.1 Å². The van der Waals surface area contributed by atoms with Crippen LogP contribution in [0, 0.1) is 12.7 Å². The van der Waals surface area contributed by atoms with Gasteiger partial charge in [0.2, 0.25) is 23.2 Å². The first-order valence-corrected chi connectivity index (χ1v) is 10.0. The van der Waals surface area contributed by atoms with Gasteiger partial charge in [0.1, 0.15) is 11.0 Å². The van der Waals surface area contributed by atoms with Crippen molar-refractivity contribution in [2.24, 2.45) is 5.73 Å². The minimum Gasteiger partial charge on any atom is -0.493 e. The minimum absolute atomic E-state index is 0.00211. The Morgan fingerprint density at radius 3 is 2.55 bits per heavy atom. The predicted molar refractivity (Wildman–Crippen MR) is 116 cm³/mol. The van der Waals surface area contributed by atoms with Crippen LogP contribution >= 0.6 is 12.2 Å². The summed E-state index contributed by atoms with van der Waals surface area (Å²) in [6.07, 6.45) is 0.635. The lowest BCUT2D eigenvalue weighted by Gasteiger charge is -2.23. The Hall–Kier alpha value is -3.40. The zero-order valence-corrected chi connectivity index (χ0v) is 17.8. The number of nitrogens with zero attached hydrogens (tertiary/aromatic N) is 2. The number of hydrogen-bond acceptors (Lipinski definition) is 8. The number of aromatic nitrogens is 2. The zero-order valence-electron chi connectivity index (χ0n) is 17.0. The number of hydrogen-bond donors (Lipinski definition) is 2.